The highest BCUT2D eigenvalue weighted by atomic mass is 16.5. The van der Waals surface area contributed by atoms with Crippen molar-refractivity contribution in [2.45, 2.75) is 26.3 Å². The van der Waals surface area contributed by atoms with Gasteiger partial charge in [-0.3, -0.25) is 9.69 Å². The Morgan fingerprint density at radius 3 is 2.65 bits per heavy atom. The monoisotopic (exact) mass is 350 g/mol. The molecule has 2 heterocycles. The molecule has 0 N–H and O–H groups in total. The second kappa shape index (κ2) is 7.60. The van der Waals surface area contributed by atoms with Gasteiger partial charge in [0.25, 0.3) is 0 Å². The fourth-order valence-electron chi connectivity index (χ4n) is 3.97. The van der Waals surface area contributed by atoms with Crippen molar-refractivity contribution in [1.82, 2.24) is 4.90 Å². The minimum atomic E-state index is 0.131. The number of morpholine rings is 1. The van der Waals surface area contributed by atoms with E-state index < -0.39 is 0 Å². The quantitative estimate of drug-likeness (QED) is 0.850. The van der Waals surface area contributed by atoms with Crippen LogP contribution in [0.25, 0.3) is 11.1 Å². The summed E-state index contributed by atoms with van der Waals surface area (Å²) in [7, 11) is 0. The summed E-state index contributed by atoms with van der Waals surface area (Å²) >= 11 is 0. The fourth-order valence-corrected chi connectivity index (χ4v) is 3.97. The topological polar surface area (TPSA) is 32.8 Å². The van der Waals surface area contributed by atoms with E-state index in [9.17, 15) is 4.79 Å². The lowest BCUT2D eigenvalue weighted by Crippen LogP contribution is -2.35. The largest absolute Gasteiger partial charge is 0.379 e. The fraction of sp³-hybridized carbons (Fsp3) is 0.409. The Hall–Kier alpha value is -2.17. The number of amides is 1. The molecule has 1 saturated heterocycles. The summed E-state index contributed by atoms with van der Waals surface area (Å²) in [5, 5.41) is 0. The number of hydrogen-bond acceptors (Lipinski definition) is 3. The number of benzene rings is 2. The van der Waals surface area contributed by atoms with E-state index in [0.717, 1.165) is 57.9 Å². The second-order valence-electron chi connectivity index (χ2n) is 7.21. The van der Waals surface area contributed by atoms with Crippen LogP contribution in [-0.4, -0.2) is 43.7 Å². The van der Waals surface area contributed by atoms with Crippen molar-refractivity contribution in [3.63, 3.8) is 0 Å². The van der Waals surface area contributed by atoms with Crippen LogP contribution in [0.15, 0.2) is 42.5 Å². The third kappa shape index (κ3) is 3.67. The van der Waals surface area contributed by atoms with Crippen LogP contribution in [0.1, 0.15) is 24.5 Å². The molecule has 0 spiro atoms. The molecule has 1 fully saturated rings. The molecule has 2 aliphatic heterocycles. The molecule has 136 valence electrons. The van der Waals surface area contributed by atoms with Crippen molar-refractivity contribution >= 4 is 11.6 Å². The van der Waals surface area contributed by atoms with Gasteiger partial charge in [0, 0.05) is 38.8 Å². The van der Waals surface area contributed by atoms with Gasteiger partial charge >= 0.3 is 0 Å². The van der Waals surface area contributed by atoms with Gasteiger partial charge in [-0.1, -0.05) is 24.3 Å². The van der Waals surface area contributed by atoms with E-state index in [1.165, 1.54) is 22.3 Å². The molecule has 0 atom stereocenters. The van der Waals surface area contributed by atoms with E-state index in [1.807, 2.05) is 4.90 Å². The first-order valence-corrected chi connectivity index (χ1v) is 9.51. The molecule has 26 heavy (non-hydrogen) atoms. The Kier molecular flexibility index (Phi) is 5.05. The van der Waals surface area contributed by atoms with Gasteiger partial charge < -0.3 is 9.64 Å². The number of anilines is 1. The van der Waals surface area contributed by atoms with E-state index in [0.29, 0.717) is 0 Å². The molecule has 0 bridgehead atoms. The van der Waals surface area contributed by atoms with Crippen LogP contribution in [0.3, 0.4) is 0 Å². The van der Waals surface area contributed by atoms with Crippen LogP contribution >= 0.6 is 0 Å². The van der Waals surface area contributed by atoms with Gasteiger partial charge in [-0.05, 0) is 53.3 Å². The van der Waals surface area contributed by atoms with E-state index >= 15 is 0 Å². The molecule has 2 aromatic rings. The average molecular weight is 350 g/mol. The molecule has 2 aliphatic rings. The third-order valence-electron chi connectivity index (χ3n) is 5.35. The van der Waals surface area contributed by atoms with E-state index in [1.54, 1.807) is 6.92 Å². The van der Waals surface area contributed by atoms with Gasteiger partial charge in [0.05, 0.1) is 13.2 Å². The van der Waals surface area contributed by atoms with Crippen molar-refractivity contribution in [1.29, 1.82) is 0 Å². The molecule has 0 unspecified atom stereocenters. The first kappa shape index (κ1) is 17.3. The van der Waals surface area contributed by atoms with Crippen molar-refractivity contribution in [3.8, 4) is 11.1 Å². The number of fused-ring (bicyclic) bond motifs is 1. The Bertz CT molecular complexity index is 796. The molecule has 2 aromatic carbocycles. The number of ether oxygens (including phenoxy) is 1. The maximum atomic E-state index is 11.9. The number of aryl methyl sites for hydroxylation is 1. The number of hydrogen-bond donors (Lipinski definition) is 0. The molecule has 4 rings (SSSR count). The first-order chi connectivity index (χ1) is 12.7. The lowest BCUT2D eigenvalue weighted by molar-refractivity contribution is -0.116. The van der Waals surface area contributed by atoms with Gasteiger partial charge in [-0.15, -0.1) is 0 Å². The Morgan fingerprint density at radius 1 is 1.04 bits per heavy atom. The molecule has 0 radical (unpaired) electrons. The number of nitrogens with zero attached hydrogens (tertiary/aromatic N) is 2. The summed E-state index contributed by atoms with van der Waals surface area (Å²) in [5.74, 6) is 0.131. The predicted molar refractivity (Wildman–Crippen MR) is 104 cm³/mol. The Labute approximate surface area is 155 Å². The lowest BCUT2D eigenvalue weighted by Gasteiger charge is -2.29. The SMILES string of the molecule is CC(=O)N1CCCc2cc(-c3cccc(CN4CCOCC4)c3)ccc21. The maximum absolute atomic E-state index is 11.9. The summed E-state index contributed by atoms with van der Waals surface area (Å²) in [6, 6.07) is 15.3. The summed E-state index contributed by atoms with van der Waals surface area (Å²) in [6.45, 7) is 7.12. The molecular formula is C22H26N2O2. The van der Waals surface area contributed by atoms with E-state index in [2.05, 4.69) is 47.4 Å². The average Bonchev–Trinajstić information content (AvgIpc) is 2.68. The van der Waals surface area contributed by atoms with Crippen LogP contribution in [-0.2, 0) is 22.5 Å². The standard InChI is InChI=1S/C22H26N2O2/c1-17(25)24-9-3-6-21-15-20(7-8-22(21)24)19-5-2-4-18(14-19)16-23-10-12-26-13-11-23/h2,4-5,7-8,14-15H,3,6,9-13,16H2,1H3. The molecule has 1 amide bonds. The van der Waals surface area contributed by atoms with Gasteiger partial charge in [0.2, 0.25) is 5.91 Å². The smallest absolute Gasteiger partial charge is 0.223 e. The van der Waals surface area contributed by atoms with Gasteiger partial charge in [0.15, 0.2) is 0 Å². The number of carbonyl (C=O) groups excluding carboxylic acids is 1. The number of rotatable bonds is 3. The van der Waals surface area contributed by atoms with Crippen molar-refractivity contribution in [2.75, 3.05) is 37.7 Å². The van der Waals surface area contributed by atoms with Gasteiger partial charge in [-0.25, -0.2) is 0 Å². The van der Waals surface area contributed by atoms with Crippen molar-refractivity contribution < 1.29 is 9.53 Å². The number of carbonyl (C=O) groups is 1. The summed E-state index contributed by atoms with van der Waals surface area (Å²) in [4.78, 5) is 16.2. The third-order valence-corrected chi connectivity index (χ3v) is 5.35. The summed E-state index contributed by atoms with van der Waals surface area (Å²) < 4.78 is 5.44. The summed E-state index contributed by atoms with van der Waals surface area (Å²) in [5.41, 5.74) is 6.18. The zero-order chi connectivity index (χ0) is 17.9. The highest BCUT2D eigenvalue weighted by molar-refractivity contribution is 5.93. The molecule has 0 aromatic heterocycles. The normalized spacial score (nSPS) is 17.8. The molecule has 4 nitrogen and oxygen atoms in total. The highest BCUT2D eigenvalue weighted by Gasteiger charge is 2.20. The summed E-state index contributed by atoms with van der Waals surface area (Å²) in [6.07, 6.45) is 2.08. The Morgan fingerprint density at radius 2 is 1.85 bits per heavy atom. The van der Waals surface area contributed by atoms with Crippen molar-refractivity contribution in [3.05, 3.63) is 53.6 Å². The zero-order valence-electron chi connectivity index (χ0n) is 15.4. The van der Waals surface area contributed by atoms with Gasteiger partial charge in [-0.2, -0.15) is 0 Å². The van der Waals surface area contributed by atoms with Crippen LogP contribution in [0.5, 0.6) is 0 Å². The predicted octanol–water partition coefficient (Wildman–Crippen LogP) is 3.48. The molecule has 0 aliphatic carbocycles. The van der Waals surface area contributed by atoms with Crippen LogP contribution in [0, 0.1) is 0 Å². The molecular weight excluding hydrogens is 324 g/mol. The first-order valence-electron chi connectivity index (χ1n) is 9.51. The van der Waals surface area contributed by atoms with Crippen molar-refractivity contribution in [2.24, 2.45) is 0 Å². The highest BCUT2D eigenvalue weighted by Crippen LogP contribution is 2.32. The molecule has 4 heteroatoms. The Balaban J connectivity index is 1.57. The zero-order valence-corrected chi connectivity index (χ0v) is 15.4. The van der Waals surface area contributed by atoms with E-state index in [4.69, 9.17) is 4.74 Å². The maximum Gasteiger partial charge on any atom is 0.223 e. The van der Waals surface area contributed by atoms with E-state index in [-0.39, 0.29) is 5.91 Å². The minimum absolute atomic E-state index is 0.131. The lowest BCUT2D eigenvalue weighted by atomic mass is 9.95. The van der Waals surface area contributed by atoms with Gasteiger partial charge in [0.1, 0.15) is 0 Å². The van der Waals surface area contributed by atoms with Crippen LogP contribution in [0.4, 0.5) is 5.69 Å². The van der Waals surface area contributed by atoms with Crippen LogP contribution in [0.2, 0.25) is 0 Å². The second-order valence-corrected chi connectivity index (χ2v) is 7.21. The molecule has 0 saturated carbocycles. The van der Waals surface area contributed by atoms with Crippen LogP contribution < -0.4 is 4.90 Å². The minimum Gasteiger partial charge on any atom is -0.379 e.